The summed E-state index contributed by atoms with van der Waals surface area (Å²) in [7, 11) is -1.41. The molecular weight excluding hydrogens is 240 g/mol. The number of likely N-dealkylation sites (N-methyl/N-ethyl adjacent to an activating group) is 1. The molecule has 0 aliphatic carbocycles. The van der Waals surface area contributed by atoms with Crippen LogP contribution in [0.2, 0.25) is 0 Å². The van der Waals surface area contributed by atoms with Crippen LogP contribution in [0.5, 0.6) is 0 Å². The molecule has 0 unspecified atom stereocenters. The fraction of sp³-hybridized carbons (Fsp3) is 0.700. The van der Waals surface area contributed by atoms with Crippen LogP contribution < -0.4 is 0 Å². The summed E-state index contributed by atoms with van der Waals surface area (Å²) in [6, 6.07) is 1.49. The number of aromatic amines is 1. The van der Waals surface area contributed by atoms with Gasteiger partial charge in [-0.1, -0.05) is 0 Å². The lowest BCUT2D eigenvalue weighted by atomic mass is 10.0. The summed E-state index contributed by atoms with van der Waals surface area (Å²) in [6.07, 6.45) is 1.45. The summed E-state index contributed by atoms with van der Waals surface area (Å²) < 4.78 is 26.1. The van der Waals surface area contributed by atoms with E-state index in [1.54, 1.807) is 0 Å². The van der Waals surface area contributed by atoms with Crippen molar-refractivity contribution in [1.82, 2.24) is 19.4 Å². The molecule has 2 heterocycles. The number of piperazine rings is 1. The van der Waals surface area contributed by atoms with Crippen molar-refractivity contribution in [2.75, 3.05) is 26.7 Å². The van der Waals surface area contributed by atoms with E-state index in [9.17, 15) is 8.42 Å². The predicted octanol–water partition coefficient (Wildman–Crippen LogP) is 0.124. The second-order valence-corrected chi connectivity index (χ2v) is 6.90. The third-order valence-electron chi connectivity index (χ3n) is 3.37. The summed E-state index contributed by atoms with van der Waals surface area (Å²) in [6.45, 7) is 5.83. The van der Waals surface area contributed by atoms with Gasteiger partial charge in [0.15, 0.2) is 5.03 Å². The van der Waals surface area contributed by atoms with Crippen molar-refractivity contribution in [3.8, 4) is 0 Å². The molecule has 2 rings (SSSR count). The number of nitrogens with zero attached hydrogens (tertiary/aromatic N) is 3. The molecule has 0 saturated carbocycles. The van der Waals surface area contributed by atoms with E-state index in [2.05, 4.69) is 15.1 Å². The van der Waals surface area contributed by atoms with E-state index in [-0.39, 0.29) is 10.6 Å². The van der Waals surface area contributed by atoms with Crippen LogP contribution in [0.3, 0.4) is 0 Å². The fourth-order valence-electron chi connectivity index (χ4n) is 1.93. The monoisotopic (exact) mass is 258 g/mol. The van der Waals surface area contributed by atoms with Crippen LogP contribution in [0.15, 0.2) is 17.3 Å². The van der Waals surface area contributed by atoms with Crippen molar-refractivity contribution >= 4 is 10.0 Å². The molecule has 0 bridgehead atoms. The van der Waals surface area contributed by atoms with E-state index in [4.69, 9.17) is 0 Å². The van der Waals surface area contributed by atoms with Crippen LogP contribution in [-0.4, -0.2) is 60.0 Å². The number of H-pyrrole nitrogens is 1. The predicted molar refractivity (Wildman–Crippen MR) is 64.1 cm³/mol. The van der Waals surface area contributed by atoms with Crippen LogP contribution >= 0.6 is 0 Å². The van der Waals surface area contributed by atoms with Gasteiger partial charge in [0.05, 0.1) is 6.20 Å². The van der Waals surface area contributed by atoms with Gasteiger partial charge in [-0.15, -0.1) is 0 Å². The van der Waals surface area contributed by atoms with Crippen molar-refractivity contribution < 1.29 is 8.42 Å². The third-order valence-corrected chi connectivity index (χ3v) is 5.15. The molecule has 1 saturated heterocycles. The number of sulfonamides is 1. The third kappa shape index (κ3) is 2.22. The SMILES string of the molecule is CN1CCN(S(=O)(=O)c2ccn[nH]2)CC1(C)C. The fourth-order valence-corrected chi connectivity index (χ4v) is 3.41. The maximum Gasteiger partial charge on any atom is 0.260 e. The molecular formula is C10H18N4O2S. The molecule has 17 heavy (non-hydrogen) atoms. The van der Waals surface area contributed by atoms with Crippen molar-refractivity contribution in [2.45, 2.75) is 24.4 Å². The van der Waals surface area contributed by atoms with Crippen molar-refractivity contribution in [1.29, 1.82) is 0 Å². The van der Waals surface area contributed by atoms with E-state index in [1.165, 1.54) is 16.6 Å². The largest absolute Gasteiger partial charge is 0.299 e. The Balaban J connectivity index is 2.25. The molecule has 1 N–H and O–H groups in total. The van der Waals surface area contributed by atoms with Gasteiger partial charge in [0.2, 0.25) is 0 Å². The number of aromatic nitrogens is 2. The first-order valence-electron chi connectivity index (χ1n) is 5.55. The van der Waals surface area contributed by atoms with Gasteiger partial charge in [-0.3, -0.25) is 10.00 Å². The molecule has 1 aromatic rings. The van der Waals surface area contributed by atoms with Crippen molar-refractivity contribution in [3.63, 3.8) is 0 Å². The van der Waals surface area contributed by atoms with Crippen LogP contribution in [0.1, 0.15) is 13.8 Å². The van der Waals surface area contributed by atoms with Gasteiger partial charge in [-0.2, -0.15) is 9.40 Å². The summed E-state index contributed by atoms with van der Waals surface area (Å²) in [5.74, 6) is 0. The Morgan fingerprint density at radius 2 is 2.12 bits per heavy atom. The minimum atomic E-state index is -3.42. The molecule has 0 atom stereocenters. The molecule has 7 heteroatoms. The highest BCUT2D eigenvalue weighted by Crippen LogP contribution is 2.23. The first kappa shape index (κ1) is 12.5. The molecule has 0 radical (unpaired) electrons. The highest BCUT2D eigenvalue weighted by Gasteiger charge is 2.37. The highest BCUT2D eigenvalue weighted by atomic mass is 32.2. The molecule has 6 nitrogen and oxygen atoms in total. The summed E-state index contributed by atoms with van der Waals surface area (Å²) in [4.78, 5) is 2.17. The summed E-state index contributed by atoms with van der Waals surface area (Å²) >= 11 is 0. The van der Waals surface area contributed by atoms with E-state index >= 15 is 0 Å². The Hall–Kier alpha value is -0.920. The Morgan fingerprint density at radius 3 is 2.65 bits per heavy atom. The summed E-state index contributed by atoms with van der Waals surface area (Å²) in [5, 5.41) is 6.38. The van der Waals surface area contributed by atoms with E-state index in [0.717, 1.165) is 6.54 Å². The first-order chi connectivity index (χ1) is 7.84. The standard InChI is InChI=1S/C10H18N4O2S/c1-10(2)8-14(7-6-13(10)3)17(15,16)9-4-5-11-12-9/h4-5H,6-8H2,1-3H3,(H,11,12). The normalized spacial score (nSPS) is 22.8. The Kier molecular flexibility index (Phi) is 3.01. The zero-order valence-electron chi connectivity index (χ0n) is 10.3. The number of hydrogen-bond acceptors (Lipinski definition) is 4. The molecule has 96 valence electrons. The molecule has 0 aromatic carbocycles. The molecule has 0 spiro atoms. The zero-order valence-corrected chi connectivity index (χ0v) is 11.2. The van der Waals surface area contributed by atoms with Gasteiger partial charge in [-0.05, 0) is 27.0 Å². The summed E-state index contributed by atoms with van der Waals surface area (Å²) in [5.41, 5.74) is -0.147. The lowest BCUT2D eigenvalue weighted by molar-refractivity contribution is 0.0800. The van der Waals surface area contributed by atoms with Gasteiger partial charge in [0.1, 0.15) is 0 Å². The second-order valence-electron chi connectivity index (χ2n) is 4.99. The van der Waals surface area contributed by atoms with Crippen molar-refractivity contribution in [3.05, 3.63) is 12.3 Å². The molecule has 1 aliphatic heterocycles. The average Bonchev–Trinajstić information content (AvgIpc) is 2.75. The molecule has 1 aromatic heterocycles. The van der Waals surface area contributed by atoms with Crippen molar-refractivity contribution in [2.24, 2.45) is 0 Å². The molecule has 0 amide bonds. The van der Waals surface area contributed by atoms with Gasteiger partial charge in [-0.25, -0.2) is 8.42 Å². The smallest absolute Gasteiger partial charge is 0.260 e. The molecule has 1 aliphatic rings. The Bertz CT molecular complexity index is 480. The Morgan fingerprint density at radius 1 is 1.41 bits per heavy atom. The van der Waals surface area contributed by atoms with Crippen LogP contribution in [0.4, 0.5) is 0 Å². The van der Waals surface area contributed by atoms with Crippen LogP contribution in [0.25, 0.3) is 0 Å². The lowest BCUT2D eigenvalue weighted by Gasteiger charge is -2.44. The van der Waals surface area contributed by atoms with Gasteiger partial charge in [0.25, 0.3) is 10.0 Å². The highest BCUT2D eigenvalue weighted by molar-refractivity contribution is 7.89. The minimum Gasteiger partial charge on any atom is -0.299 e. The van der Waals surface area contributed by atoms with Gasteiger partial charge in [0, 0.05) is 25.2 Å². The quantitative estimate of drug-likeness (QED) is 0.818. The van der Waals surface area contributed by atoms with Gasteiger partial charge < -0.3 is 0 Å². The van der Waals surface area contributed by atoms with E-state index < -0.39 is 10.0 Å². The maximum absolute atomic E-state index is 12.3. The van der Waals surface area contributed by atoms with E-state index in [1.807, 2.05) is 20.9 Å². The van der Waals surface area contributed by atoms with E-state index in [0.29, 0.717) is 13.1 Å². The maximum atomic E-state index is 12.3. The first-order valence-corrected chi connectivity index (χ1v) is 6.99. The van der Waals surface area contributed by atoms with Gasteiger partial charge >= 0.3 is 0 Å². The average molecular weight is 258 g/mol. The van der Waals surface area contributed by atoms with Crippen LogP contribution in [-0.2, 0) is 10.0 Å². The molecule has 1 fully saturated rings. The minimum absolute atomic E-state index is 0.147. The zero-order chi connectivity index (χ0) is 12.7. The van der Waals surface area contributed by atoms with Crippen LogP contribution in [0, 0.1) is 0 Å². The number of rotatable bonds is 2. The number of nitrogens with one attached hydrogen (secondary N) is 1. The topological polar surface area (TPSA) is 69.3 Å². The Labute approximate surface area is 102 Å². The number of hydrogen-bond donors (Lipinski definition) is 1. The lowest BCUT2D eigenvalue weighted by Crippen LogP contribution is -2.58. The second kappa shape index (κ2) is 4.08.